The molecule has 0 saturated heterocycles. The number of nitrogens with one attached hydrogen (secondary N) is 1. The van der Waals surface area contributed by atoms with Crippen LogP contribution in [0.15, 0.2) is 36.4 Å². The molecule has 112 valence electrons. The molecule has 1 N–H and O–H groups in total. The predicted molar refractivity (Wildman–Crippen MR) is 87.5 cm³/mol. The predicted octanol–water partition coefficient (Wildman–Crippen LogP) is 5.18. The zero-order valence-corrected chi connectivity index (χ0v) is 13.5. The molecule has 0 bridgehead atoms. The van der Waals surface area contributed by atoms with E-state index in [9.17, 15) is 4.39 Å². The molecule has 0 aliphatic heterocycles. The van der Waals surface area contributed by atoms with Gasteiger partial charge in [0.05, 0.1) is 6.04 Å². The van der Waals surface area contributed by atoms with Crippen LogP contribution in [0.25, 0.3) is 0 Å². The molecule has 0 aliphatic carbocycles. The zero-order chi connectivity index (χ0) is 15.4. The minimum absolute atomic E-state index is 0.0903. The highest BCUT2D eigenvalue weighted by atomic mass is 35.5. The normalized spacial score (nSPS) is 12.4. The number of hydrogen-bond donors (Lipinski definition) is 1. The van der Waals surface area contributed by atoms with Gasteiger partial charge in [0.2, 0.25) is 0 Å². The molecule has 0 heterocycles. The summed E-state index contributed by atoms with van der Waals surface area (Å²) in [5.41, 5.74) is 4.37. The number of benzene rings is 2. The summed E-state index contributed by atoms with van der Waals surface area (Å²) in [4.78, 5) is 0. The van der Waals surface area contributed by atoms with Crippen LogP contribution in [0.5, 0.6) is 0 Å². The molecular weight excluding hydrogens is 285 g/mol. The van der Waals surface area contributed by atoms with Crippen LogP contribution in [-0.2, 0) is 0 Å². The Morgan fingerprint density at radius 2 is 1.86 bits per heavy atom. The minimum Gasteiger partial charge on any atom is -0.306 e. The van der Waals surface area contributed by atoms with Crippen LogP contribution in [0.2, 0.25) is 5.02 Å². The maximum atomic E-state index is 13.6. The molecular formula is C18H21ClFN. The third kappa shape index (κ3) is 3.84. The molecule has 1 atom stereocenters. The second-order valence-electron chi connectivity index (χ2n) is 5.40. The second kappa shape index (κ2) is 7.06. The van der Waals surface area contributed by atoms with Crippen LogP contribution < -0.4 is 5.32 Å². The van der Waals surface area contributed by atoms with Crippen LogP contribution >= 0.6 is 11.6 Å². The molecule has 0 amide bonds. The van der Waals surface area contributed by atoms with Gasteiger partial charge in [0.1, 0.15) is 5.82 Å². The lowest BCUT2D eigenvalue weighted by molar-refractivity contribution is 0.585. The van der Waals surface area contributed by atoms with Crippen molar-refractivity contribution in [3.63, 3.8) is 0 Å². The number of aryl methyl sites for hydroxylation is 2. The zero-order valence-electron chi connectivity index (χ0n) is 12.7. The van der Waals surface area contributed by atoms with E-state index in [0.717, 1.165) is 24.1 Å². The smallest absolute Gasteiger partial charge is 0.123 e. The molecule has 2 rings (SSSR count). The molecule has 0 radical (unpaired) electrons. The first-order chi connectivity index (χ1) is 10.0. The van der Waals surface area contributed by atoms with Crippen molar-refractivity contribution in [1.29, 1.82) is 0 Å². The van der Waals surface area contributed by atoms with Crippen molar-refractivity contribution in [2.75, 3.05) is 6.54 Å². The van der Waals surface area contributed by atoms with E-state index in [1.54, 1.807) is 6.07 Å². The van der Waals surface area contributed by atoms with E-state index in [2.05, 4.69) is 44.3 Å². The first-order valence-electron chi connectivity index (χ1n) is 7.28. The van der Waals surface area contributed by atoms with Crippen LogP contribution in [0.1, 0.15) is 41.6 Å². The number of halogens is 2. The molecule has 0 aromatic heterocycles. The van der Waals surface area contributed by atoms with Crippen molar-refractivity contribution in [3.8, 4) is 0 Å². The SMILES string of the molecule is CCCNC(c1ccc(C)c(C)c1)c1cc(F)ccc1Cl. The van der Waals surface area contributed by atoms with Gasteiger partial charge in [-0.05, 0) is 67.3 Å². The molecule has 0 spiro atoms. The van der Waals surface area contributed by atoms with E-state index in [0.29, 0.717) is 5.02 Å². The average Bonchev–Trinajstić information content (AvgIpc) is 2.46. The summed E-state index contributed by atoms with van der Waals surface area (Å²) < 4.78 is 13.6. The molecule has 1 nitrogen and oxygen atoms in total. The van der Waals surface area contributed by atoms with Gasteiger partial charge in [0.15, 0.2) is 0 Å². The van der Waals surface area contributed by atoms with Gasteiger partial charge in [0.25, 0.3) is 0 Å². The summed E-state index contributed by atoms with van der Waals surface area (Å²) >= 11 is 6.28. The quantitative estimate of drug-likeness (QED) is 0.802. The summed E-state index contributed by atoms with van der Waals surface area (Å²) in [6.45, 7) is 7.13. The van der Waals surface area contributed by atoms with E-state index in [1.807, 2.05) is 0 Å². The van der Waals surface area contributed by atoms with Gasteiger partial charge in [-0.25, -0.2) is 4.39 Å². The van der Waals surface area contributed by atoms with Gasteiger partial charge >= 0.3 is 0 Å². The molecule has 2 aromatic carbocycles. The van der Waals surface area contributed by atoms with E-state index in [4.69, 9.17) is 11.6 Å². The number of hydrogen-bond acceptors (Lipinski definition) is 1. The Hall–Kier alpha value is -1.38. The topological polar surface area (TPSA) is 12.0 Å². The maximum absolute atomic E-state index is 13.6. The lowest BCUT2D eigenvalue weighted by atomic mass is 9.95. The molecule has 0 saturated carbocycles. The molecule has 1 unspecified atom stereocenters. The summed E-state index contributed by atoms with van der Waals surface area (Å²) in [7, 11) is 0. The Bertz CT molecular complexity index is 625. The van der Waals surface area contributed by atoms with Gasteiger partial charge in [-0.3, -0.25) is 0 Å². The van der Waals surface area contributed by atoms with Crippen LogP contribution in [0, 0.1) is 19.7 Å². The highest BCUT2D eigenvalue weighted by Crippen LogP contribution is 2.30. The summed E-state index contributed by atoms with van der Waals surface area (Å²) in [5.74, 6) is -0.262. The van der Waals surface area contributed by atoms with Crippen molar-refractivity contribution in [2.24, 2.45) is 0 Å². The molecule has 0 aliphatic rings. The standard InChI is InChI=1S/C18H21ClFN/c1-4-9-21-18(14-6-5-12(2)13(3)10-14)16-11-15(20)7-8-17(16)19/h5-8,10-11,18,21H,4,9H2,1-3H3. The highest BCUT2D eigenvalue weighted by Gasteiger charge is 2.17. The van der Waals surface area contributed by atoms with Crippen LogP contribution in [0.4, 0.5) is 4.39 Å². The van der Waals surface area contributed by atoms with Gasteiger partial charge in [-0.2, -0.15) is 0 Å². The Morgan fingerprint density at radius 3 is 2.52 bits per heavy atom. The first kappa shape index (κ1) is 16.0. The van der Waals surface area contributed by atoms with Gasteiger partial charge in [-0.1, -0.05) is 36.7 Å². The van der Waals surface area contributed by atoms with Gasteiger partial charge < -0.3 is 5.32 Å². The van der Waals surface area contributed by atoms with Gasteiger partial charge in [0, 0.05) is 5.02 Å². The highest BCUT2D eigenvalue weighted by molar-refractivity contribution is 6.31. The van der Waals surface area contributed by atoms with Crippen molar-refractivity contribution in [3.05, 3.63) is 69.5 Å². The Morgan fingerprint density at radius 1 is 1.10 bits per heavy atom. The van der Waals surface area contributed by atoms with E-state index >= 15 is 0 Å². The fourth-order valence-electron chi connectivity index (χ4n) is 2.38. The fourth-order valence-corrected chi connectivity index (χ4v) is 2.60. The molecule has 0 fully saturated rings. The first-order valence-corrected chi connectivity index (χ1v) is 7.66. The van der Waals surface area contributed by atoms with Crippen molar-refractivity contribution in [1.82, 2.24) is 5.32 Å². The molecule has 21 heavy (non-hydrogen) atoms. The monoisotopic (exact) mass is 305 g/mol. The van der Waals surface area contributed by atoms with Crippen molar-refractivity contribution in [2.45, 2.75) is 33.2 Å². The van der Waals surface area contributed by atoms with Gasteiger partial charge in [-0.15, -0.1) is 0 Å². The lowest BCUT2D eigenvalue weighted by Crippen LogP contribution is -2.23. The Balaban J connectivity index is 2.46. The van der Waals surface area contributed by atoms with E-state index in [1.165, 1.54) is 23.3 Å². The lowest BCUT2D eigenvalue weighted by Gasteiger charge is -2.21. The maximum Gasteiger partial charge on any atom is 0.123 e. The Kier molecular flexibility index (Phi) is 5.38. The third-order valence-electron chi connectivity index (χ3n) is 3.73. The number of rotatable bonds is 5. The van der Waals surface area contributed by atoms with Crippen LogP contribution in [-0.4, -0.2) is 6.54 Å². The second-order valence-corrected chi connectivity index (χ2v) is 5.80. The van der Waals surface area contributed by atoms with E-state index in [-0.39, 0.29) is 11.9 Å². The Labute approximate surface area is 131 Å². The fraction of sp³-hybridized carbons (Fsp3) is 0.333. The summed E-state index contributed by atoms with van der Waals surface area (Å²) in [6, 6.07) is 10.8. The average molecular weight is 306 g/mol. The molecule has 2 aromatic rings. The van der Waals surface area contributed by atoms with Crippen LogP contribution in [0.3, 0.4) is 0 Å². The summed E-state index contributed by atoms with van der Waals surface area (Å²) in [5, 5.41) is 4.05. The third-order valence-corrected chi connectivity index (χ3v) is 4.08. The van der Waals surface area contributed by atoms with Crippen molar-refractivity contribution >= 4 is 11.6 Å². The largest absolute Gasteiger partial charge is 0.306 e. The summed E-state index contributed by atoms with van der Waals surface area (Å²) in [6.07, 6.45) is 1.01. The van der Waals surface area contributed by atoms with E-state index < -0.39 is 0 Å². The molecule has 3 heteroatoms. The minimum atomic E-state index is -0.262. The van der Waals surface area contributed by atoms with Crippen molar-refractivity contribution < 1.29 is 4.39 Å².